The maximum Gasteiger partial charge on any atom is 0.238 e. The highest BCUT2D eigenvalue weighted by Crippen LogP contribution is 2.44. The Kier molecular flexibility index (Phi) is 5.32. The van der Waals surface area contributed by atoms with Gasteiger partial charge in [0.2, 0.25) is 10.0 Å². The number of halogens is 1. The van der Waals surface area contributed by atoms with Crippen molar-refractivity contribution in [2.45, 2.75) is 30.2 Å². The Morgan fingerprint density at radius 3 is 2.40 bits per heavy atom. The summed E-state index contributed by atoms with van der Waals surface area (Å²) >= 11 is 0. The highest BCUT2D eigenvalue weighted by atomic mass is 32.2. The molecule has 6 nitrogen and oxygen atoms in total. The molecule has 35 heavy (non-hydrogen) atoms. The third kappa shape index (κ3) is 3.87. The summed E-state index contributed by atoms with van der Waals surface area (Å²) in [5.41, 5.74) is 7.19. The van der Waals surface area contributed by atoms with Crippen LogP contribution in [-0.4, -0.2) is 32.4 Å². The molecule has 0 radical (unpaired) electrons. The Hall–Kier alpha value is -3.33. The van der Waals surface area contributed by atoms with Crippen LogP contribution in [0.25, 0.3) is 27.7 Å². The van der Waals surface area contributed by atoms with Gasteiger partial charge in [-0.3, -0.25) is 4.99 Å². The number of aliphatic imine (C=N–C) groups is 1. The molecule has 0 amide bonds. The summed E-state index contributed by atoms with van der Waals surface area (Å²) in [7, 11) is -3.80. The summed E-state index contributed by atoms with van der Waals surface area (Å²) in [6, 6.07) is 17.6. The third-order valence-corrected chi connectivity index (χ3v) is 7.85. The molecule has 0 unspecified atom stereocenters. The fourth-order valence-corrected chi connectivity index (χ4v) is 5.77. The Morgan fingerprint density at radius 2 is 1.71 bits per heavy atom. The van der Waals surface area contributed by atoms with Crippen LogP contribution < -0.4 is 5.14 Å². The molecule has 1 fully saturated rings. The average Bonchev–Trinajstić information content (AvgIpc) is 3.45. The minimum Gasteiger partial charge on any atom is -0.381 e. The van der Waals surface area contributed by atoms with Gasteiger partial charge in [0.05, 0.1) is 17.0 Å². The lowest BCUT2D eigenvalue weighted by molar-refractivity contribution is 0.0843. The molecule has 178 valence electrons. The van der Waals surface area contributed by atoms with Gasteiger partial charge in [-0.2, -0.15) is 0 Å². The maximum atomic E-state index is 13.9. The van der Waals surface area contributed by atoms with Gasteiger partial charge in [0.1, 0.15) is 5.82 Å². The zero-order chi connectivity index (χ0) is 24.2. The van der Waals surface area contributed by atoms with Crippen molar-refractivity contribution < 1.29 is 17.5 Å². The number of hydrogen-bond acceptors (Lipinski definition) is 4. The minimum atomic E-state index is -3.80. The summed E-state index contributed by atoms with van der Waals surface area (Å²) in [5, 5.41) is 6.41. The standard InChI is InChI=1S/C27H24FN3O3S/c28-21-3-5-22(6-4-21)31-25-14-20-16-30-15-19(20)13-24(25)26(27(31)18-9-11-34-12-10-18)17-1-7-23(8-2-17)35(29,32)33/h1-8,13-14,16,18H,9-12,15H2,(H2,29,32,33). The summed E-state index contributed by atoms with van der Waals surface area (Å²) in [6.45, 7) is 1.97. The molecule has 6 rings (SSSR count). The van der Waals surface area contributed by atoms with Gasteiger partial charge in [-0.25, -0.2) is 17.9 Å². The van der Waals surface area contributed by atoms with Crippen molar-refractivity contribution in [2.75, 3.05) is 13.2 Å². The lowest BCUT2D eigenvalue weighted by Gasteiger charge is -2.26. The van der Waals surface area contributed by atoms with Crippen LogP contribution in [0.2, 0.25) is 0 Å². The Balaban J connectivity index is 1.69. The number of nitrogens with zero attached hydrogens (tertiary/aromatic N) is 2. The molecule has 2 aliphatic rings. The molecule has 0 atom stereocenters. The van der Waals surface area contributed by atoms with E-state index in [4.69, 9.17) is 9.88 Å². The van der Waals surface area contributed by atoms with E-state index in [9.17, 15) is 12.8 Å². The first-order valence-electron chi connectivity index (χ1n) is 11.6. The van der Waals surface area contributed by atoms with Crippen LogP contribution >= 0.6 is 0 Å². The van der Waals surface area contributed by atoms with Gasteiger partial charge in [0.15, 0.2) is 0 Å². The van der Waals surface area contributed by atoms with Crippen molar-refractivity contribution >= 4 is 27.1 Å². The van der Waals surface area contributed by atoms with Crippen molar-refractivity contribution in [2.24, 2.45) is 10.1 Å². The molecule has 2 N–H and O–H groups in total. The Labute approximate surface area is 202 Å². The zero-order valence-corrected chi connectivity index (χ0v) is 19.8. The van der Waals surface area contributed by atoms with Gasteiger partial charge >= 0.3 is 0 Å². The quantitative estimate of drug-likeness (QED) is 0.442. The van der Waals surface area contributed by atoms with Crippen LogP contribution in [0, 0.1) is 5.82 Å². The number of rotatable bonds is 4. The van der Waals surface area contributed by atoms with E-state index in [-0.39, 0.29) is 16.6 Å². The van der Waals surface area contributed by atoms with Crippen molar-refractivity contribution in [1.82, 2.24) is 4.57 Å². The van der Waals surface area contributed by atoms with Crippen molar-refractivity contribution in [3.05, 3.63) is 83.3 Å². The molecule has 1 saturated heterocycles. The lowest BCUT2D eigenvalue weighted by Crippen LogP contribution is -2.17. The topological polar surface area (TPSA) is 86.7 Å². The molecular weight excluding hydrogens is 465 g/mol. The summed E-state index contributed by atoms with van der Waals surface area (Å²) < 4.78 is 45.5. The van der Waals surface area contributed by atoms with Crippen LogP contribution in [0.15, 0.2) is 70.6 Å². The Bertz CT molecular complexity index is 1570. The van der Waals surface area contributed by atoms with Gasteiger partial charge in [-0.15, -0.1) is 0 Å². The first-order chi connectivity index (χ1) is 16.9. The summed E-state index contributed by atoms with van der Waals surface area (Å²) in [4.78, 5) is 4.51. The highest BCUT2D eigenvalue weighted by molar-refractivity contribution is 7.89. The van der Waals surface area contributed by atoms with Crippen LogP contribution in [0.4, 0.5) is 4.39 Å². The predicted octanol–water partition coefficient (Wildman–Crippen LogP) is 4.91. The lowest BCUT2D eigenvalue weighted by atomic mass is 9.89. The van der Waals surface area contributed by atoms with Gasteiger partial charge in [-0.05, 0) is 78.1 Å². The summed E-state index contributed by atoms with van der Waals surface area (Å²) in [6.07, 6.45) is 3.62. The van der Waals surface area contributed by atoms with E-state index in [2.05, 4.69) is 21.7 Å². The smallest absolute Gasteiger partial charge is 0.238 e. The number of aromatic nitrogens is 1. The van der Waals surface area contributed by atoms with Crippen molar-refractivity contribution in [3.8, 4) is 16.8 Å². The molecule has 3 heterocycles. The third-order valence-electron chi connectivity index (χ3n) is 6.92. The van der Waals surface area contributed by atoms with Crippen LogP contribution in [0.3, 0.4) is 0 Å². The van der Waals surface area contributed by atoms with E-state index in [1.54, 1.807) is 24.3 Å². The zero-order valence-electron chi connectivity index (χ0n) is 18.9. The Morgan fingerprint density at radius 1 is 1.00 bits per heavy atom. The van der Waals surface area contributed by atoms with Crippen LogP contribution in [-0.2, 0) is 21.3 Å². The predicted molar refractivity (Wildman–Crippen MR) is 134 cm³/mol. The largest absolute Gasteiger partial charge is 0.381 e. The normalized spacial score (nSPS) is 16.2. The molecular formula is C27H24FN3O3S. The SMILES string of the molecule is NS(=O)(=O)c1ccc(-c2c(C3CCOCC3)n(-c3ccc(F)cc3)c3cc4c(cc23)CN=C4)cc1. The second-order valence-electron chi connectivity index (χ2n) is 9.07. The van der Waals surface area contributed by atoms with Gasteiger partial charge in [0.25, 0.3) is 0 Å². The van der Waals surface area contributed by atoms with Crippen LogP contribution in [0.5, 0.6) is 0 Å². The first kappa shape index (κ1) is 22.2. The molecule has 0 spiro atoms. The van der Waals surface area contributed by atoms with Crippen LogP contribution in [0.1, 0.15) is 35.6 Å². The second-order valence-corrected chi connectivity index (χ2v) is 10.6. The number of hydrogen-bond donors (Lipinski definition) is 1. The minimum absolute atomic E-state index is 0.0745. The van der Waals surface area contributed by atoms with E-state index >= 15 is 0 Å². The van der Waals surface area contributed by atoms with Gasteiger partial charge < -0.3 is 9.30 Å². The number of primary sulfonamides is 1. The van der Waals surface area contributed by atoms with E-state index < -0.39 is 10.0 Å². The highest BCUT2D eigenvalue weighted by Gasteiger charge is 2.29. The van der Waals surface area contributed by atoms with Gasteiger partial charge in [-0.1, -0.05) is 12.1 Å². The molecule has 4 aromatic rings. The number of benzene rings is 3. The number of fused-ring (bicyclic) bond motifs is 2. The molecule has 2 aliphatic heterocycles. The molecule has 0 bridgehead atoms. The fraction of sp³-hybridized carbons (Fsp3) is 0.222. The average molecular weight is 490 g/mol. The van der Waals surface area contributed by atoms with E-state index in [0.29, 0.717) is 19.8 Å². The molecule has 3 aromatic carbocycles. The molecule has 0 saturated carbocycles. The first-order valence-corrected chi connectivity index (χ1v) is 13.1. The number of sulfonamides is 1. The monoisotopic (exact) mass is 489 g/mol. The summed E-state index contributed by atoms with van der Waals surface area (Å²) in [5.74, 6) is -0.0673. The number of ether oxygens (including phenoxy) is 1. The van der Waals surface area contributed by atoms with E-state index in [1.165, 1.54) is 12.1 Å². The van der Waals surface area contributed by atoms with E-state index in [0.717, 1.165) is 57.4 Å². The fourth-order valence-electron chi connectivity index (χ4n) is 5.25. The van der Waals surface area contributed by atoms with Crippen molar-refractivity contribution in [3.63, 3.8) is 0 Å². The molecule has 1 aromatic heterocycles. The van der Waals surface area contributed by atoms with Gasteiger partial charge in [0, 0.05) is 47.7 Å². The van der Waals surface area contributed by atoms with E-state index in [1.807, 2.05) is 18.3 Å². The number of nitrogens with two attached hydrogens (primary N) is 1. The molecule has 8 heteroatoms. The maximum absolute atomic E-state index is 13.9. The van der Waals surface area contributed by atoms with Crippen molar-refractivity contribution in [1.29, 1.82) is 0 Å². The second kappa shape index (κ2) is 8.41. The molecule has 0 aliphatic carbocycles.